The van der Waals surface area contributed by atoms with E-state index in [1.165, 1.54) is 9.42 Å². The van der Waals surface area contributed by atoms with Crippen molar-refractivity contribution in [2.24, 2.45) is 16.7 Å². The molecule has 0 bridgehead atoms. The SMILES string of the molecule is N#CC1(Cn2cc(-c3cn4ncc(F)c4c(N4CC[C@@](C#N)(C5CC5)C4=O)n3)cn2)CC1. The third kappa shape index (κ3) is 2.65. The number of fused-ring (bicyclic) bond motifs is 1. The predicted octanol–water partition coefficient (Wildman–Crippen LogP) is 2.69. The zero-order valence-electron chi connectivity index (χ0n) is 17.2. The lowest BCUT2D eigenvalue weighted by Crippen LogP contribution is -2.36. The summed E-state index contributed by atoms with van der Waals surface area (Å²) in [5.74, 6) is -0.654. The molecule has 1 aliphatic heterocycles. The molecule has 2 saturated carbocycles. The number of carbonyl (C=O) groups excluding carboxylic acids is 1. The summed E-state index contributed by atoms with van der Waals surface area (Å²) in [6.07, 6.45) is 9.98. The molecule has 2 aliphatic carbocycles. The summed E-state index contributed by atoms with van der Waals surface area (Å²) in [6, 6.07) is 4.61. The summed E-state index contributed by atoms with van der Waals surface area (Å²) in [6.45, 7) is 0.815. The van der Waals surface area contributed by atoms with Crippen LogP contribution in [0.1, 0.15) is 32.1 Å². The van der Waals surface area contributed by atoms with Gasteiger partial charge in [-0.3, -0.25) is 14.4 Å². The van der Waals surface area contributed by atoms with Crippen LogP contribution in [0.5, 0.6) is 0 Å². The fourth-order valence-corrected chi connectivity index (χ4v) is 4.73. The molecule has 0 unspecified atom stereocenters. The number of hydrogen-bond acceptors (Lipinski definition) is 6. The van der Waals surface area contributed by atoms with Gasteiger partial charge >= 0.3 is 0 Å². The highest BCUT2D eigenvalue weighted by Crippen LogP contribution is 2.52. The summed E-state index contributed by atoms with van der Waals surface area (Å²) in [4.78, 5) is 19.4. The first-order valence-electron chi connectivity index (χ1n) is 10.7. The minimum absolute atomic E-state index is 0.0621. The lowest BCUT2D eigenvalue weighted by Gasteiger charge is -2.21. The van der Waals surface area contributed by atoms with Gasteiger partial charge < -0.3 is 0 Å². The van der Waals surface area contributed by atoms with E-state index in [4.69, 9.17) is 0 Å². The molecular formula is C22H19FN8O. The summed E-state index contributed by atoms with van der Waals surface area (Å²) in [7, 11) is 0. The van der Waals surface area contributed by atoms with Crippen molar-refractivity contribution in [2.45, 2.75) is 38.6 Å². The first-order chi connectivity index (χ1) is 15.5. The third-order valence-corrected chi connectivity index (χ3v) is 7.00. The number of anilines is 1. The van der Waals surface area contributed by atoms with E-state index >= 15 is 0 Å². The van der Waals surface area contributed by atoms with E-state index in [1.54, 1.807) is 23.3 Å². The molecule has 3 aromatic rings. The highest BCUT2D eigenvalue weighted by molar-refractivity contribution is 6.04. The molecule has 3 fully saturated rings. The van der Waals surface area contributed by atoms with Crippen molar-refractivity contribution in [2.75, 3.05) is 11.4 Å². The molecule has 32 heavy (non-hydrogen) atoms. The maximum atomic E-state index is 14.6. The van der Waals surface area contributed by atoms with Crippen LogP contribution in [-0.2, 0) is 11.3 Å². The second kappa shape index (κ2) is 6.36. The minimum Gasteiger partial charge on any atom is -0.293 e. The summed E-state index contributed by atoms with van der Waals surface area (Å²) < 4.78 is 17.7. The van der Waals surface area contributed by atoms with Gasteiger partial charge in [-0.1, -0.05) is 0 Å². The Labute approximate surface area is 182 Å². The van der Waals surface area contributed by atoms with Crippen molar-refractivity contribution in [1.82, 2.24) is 24.4 Å². The van der Waals surface area contributed by atoms with Crippen LogP contribution in [0.15, 0.2) is 24.8 Å². The molecule has 0 N–H and O–H groups in total. The number of aromatic nitrogens is 5. The lowest BCUT2D eigenvalue weighted by atomic mass is 9.83. The van der Waals surface area contributed by atoms with E-state index in [1.807, 2.05) is 0 Å². The van der Waals surface area contributed by atoms with Crippen LogP contribution in [-0.4, -0.2) is 36.8 Å². The average Bonchev–Trinajstić information content (AvgIpc) is 3.68. The Morgan fingerprint density at radius 1 is 1.12 bits per heavy atom. The normalized spacial score (nSPS) is 24.0. The number of carbonyl (C=O) groups is 1. The summed E-state index contributed by atoms with van der Waals surface area (Å²) in [5.41, 5.74) is -0.121. The van der Waals surface area contributed by atoms with E-state index < -0.39 is 11.2 Å². The van der Waals surface area contributed by atoms with Gasteiger partial charge in [-0.25, -0.2) is 13.9 Å². The maximum Gasteiger partial charge on any atom is 0.249 e. The number of halogens is 1. The maximum absolute atomic E-state index is 14.6. The van der Waals surface area contributed by atoms with Gasteiger partial charge in [-0.05, 0) is 38.0 Å². The van der Waals surface area contributed by atoms with E-state index in [-0.39, 0.29) is 28.6 Å². The van der Waals surface area contributed by atoms with Crippen molar-refractivity contribution in [1.29, 1.82) is 10.5 Å². The van der Waals surface area contributed by atoms with Gasteiger partial charge in [-0.15, -0.1) is 0 Å². The Bertz CT molecular complexity index is 1350. The van der Waals surface area contributed by atoms with Crippen LogP contribution in [0.4, 0.5) is 10.2 Å². The van der Waals surface area contributed by atoms with E-state index in [0.29, 0.717) is 30.8 Å². The molecule has 160 valence electrons. The molecule has 0 spiro atoms. The van der Waals surface area contributed by atoms with Crippen LogP contribution in [0.3, 0.4) is 0 Å². The van der Waals surface area contributed by atoms with E-state index in [9.17, 15) is 19.7 Å². The first-order valence-corrected chi connectivity index (χ1v) is 10.7. The van der Waals surface area contributed by atoms with Crippen molar-refractivity contribution in [3.63, 3.8) is 0 Å². The molecular weight excluding hydrogens is 411 g/mol. The van der Waals surface area contributed by atoms with Crippen LogP contribution in [0, 0.1) is 45.2 Å². The summed E-state index contributed by atoms with van der Waals surface area (Å²) in [5, 5.41) is 27.6. The molecule has 3 aromatic heterocycles. The Balaban J connectivity index is 1.41. The lowest BCUT2D eigenvalue weighted by molar-refractivity contribution is -0.123. The zero-order valence-corrected chi connectivity index (χ0v) is 17.2. The van der Waals surface area contributed by atoms with Crippen LogP contribution < -0.4 is 4.90 Å². The largest absolute Gasteiger partial charge is 0.293 e. The van der Waals surface area contributed by atoms with E-state index in [2.05, 4.69) is 27.3 Å². The van der Waals surface area contributed by atoms with Crippen LogP contribution in [0.25, 0.3) is 16.8 Å². The monoisotopic (exact) mass is 430 g/mol. The molecule has 1 atom stereocenters. The van der Waals surface area contributed by atoms with E-state index in [0.717, 1.165) is 31.9 Å². The Hall–Kier alpha value is -3.79. The third-order valence-electron chi connectivity index (χ3n) is 7.00. The second-order valence-corrected chi connectivity index (χ2v) is 9.12. The van der Waals surface area contributed by atoms with Gasteiger partial charge in [0.25, 0.3) is 0 Å². The van der Waals surface area contributed by atoms with Crippen molar-refractivity contribution in [3.8, 4) is 23.4 Å². The van der Waals surface area contributed by atoms with Gasteiger partial charge in [-0.2, -0.15) is 20.7 Å². The standard InChI is InChI=1S/C22H19FN8O/c23-16-8-27-31-10-17(14-7-26-29(9-14)13-21(11-24)3-4-21)28-19(18(16)31)30-6-5-22(12-25,20(30)32)15-1-2-15/h7-10,15H,1-6,13H2/t22-/m1/s1. The topological polar surface area (TPSA) is 116 Å². The molecule has 10 heteroatoms. The molecule has 9 nitrogen and oxygen atoms in total. The van der Waals surface area contributed by atoms with Crippen molar-refractivity contribution in [3.05, 3.63) is 30.6 Å². The van der Waals surface area contributed by atoms with Gasteiger partial charge in [0.15, 0.2) is 11.6 Å². The fraction of sp³-hybridized carbons (Fsp3) is 0.455. The molecule has 1 amide bonds. The van der Waals surface area contributed by atoms with Gasteiger partial charge in [0.05, 0.1) is 48.4 Å². The molecule has 0 radical (unpaired) electrons. The Kier molecular flexibility index (Phi) is 3.76. The first kappa shape index (κ1) is 18.9. The highest BCUT2D eigenvalue weighted by Gasteiger charge is 2.57. The average molecular weight is 430 g/mol. The fourth-order valence-electron chi connectivity index (χ4n) is 4.73. The number of rotatable bonds is 5. The van der Waals surface area contributed by atoms with Gasteiger partial charge in [0, 0.05) is 18.3 Å². The summed E-state index contributed by atoms with van der Waals surface area (Å²) >= 11 is 0. The molecule has 3 aliphatic rings. The second-order valence-electron chi connectivity index (χ2n) is 9.12. The molecule has 0 aromatic carbocycles. The molecule has 1 saturated heterocycles. The number of nitrogens with zero attached hydrogens (tertiary/aromatic N) is 8. The Morgan fingerprint density at radius 3 is 2.62 bits per heavy atom. The van der Waals surface area contributed by atoms with Crippen LogP contribution >= 0.6 is 0 Å². The number of hydrogen-bond donors (Lipinski definition) is 0. The smallest absolute Gasteiger partial charge is 0.249 e. The van der Waals surface area contributed by atoms with Gasteiger partial charge in [0.1, 0.15) is 10.9 Å². The minimum atomic E-state index is -1.05. The number of amides is 1. The van der Waals surface area contributed by atoms with Gasteiger partial charge in [0.2, 0.25) is 5.91 Å². The quantitative estimate of drug-likeness (QED) is 0.614. The highest BCUT2D eigenvalue weighted by atomic mass is 19.1. The molecule has 6 rings (SSSR count). The molecule has 4 heterocycles. The predicted molar refractivity (Wildman–Crippen MR) is 109 cm³/mol. The van der Waals surface area contributed by atoms with Crippen LogP contribution in [0.2, 0.25) is 0 Å². The number of nitriles is 2. The van der Waals surface area contributed by atoms with Crippen molar-refractivity contribution < 1.29 is 9.18 Å². The van der Waals surface area contributed by atoms with Crippen molar-refractivity contribution >= 4 is 17.2 Å². The Morgan fingerprint density at radius 2 is 1.94 bits per heavy atom. The zero-order chi connectivity index (χ0) is 22.1.